The molecule has 0 amide bonds. The molecule has 4 aromatic rings. The molecule has 1 unspecified atom stereocenters. The first-order chi connectivity index (χ1) is 18.2. The summed E-state index contributed by atoms with van der Waals surface area (Å²) in [5.41, 5.74) is 14.2. The van der Waals surface area contributed by atoms with Crippen LogP contribution in [0.3, 0.4) is 0 Å². The van der Waals surface area contributed by atoms with E-state index in [9.17, 15) is 0 Å². The minimum atomic E-state index is -0.329. The Hall–Kier alpha value is -3.24. The van der Waals surface area contributed by atoms with Gasteiger partial charge in [0.2, 0.25) is 0 Å². The Morgan fingerprint density at radius 3 is 2.11 bits per heavy atom. The van der Waals surface area contributed by atoms with Gasteiger partial charge in [0.15, 0.2) is 5.82 Å². The van der Waals surface area contributed by atoms with Crippen molar-refractivity contribution in [2.45, 2.75) is 83.6 Å². The van der Waals surface area contributed by atoms with Crippen LogP contribution in [0.2, 0.25) is 0 Å². The van der Waals surface area contributed by atoms with Gasteiger partial charge in [-0.2, -0.15) is 4.98 Å². The maximum absolute atomic E-state index is 8.72. The van der Waals surface area contributed by atoms with E-state index in [4.69, 9.17) is 10.3 Å². The first kappa shape index (κ1) is 26.8. The van der Waals surface area contributed by atoms with E-state index in [-0.39, 0.29) is 6.04 Å². The largest absolute Gasteiger partial charge is 0.334 e. The Kier molecular flexibility index (Phi) is 10.5. The van der Waals surface area contributed by atoms with Crippen LogP contribution in [-0.2, 0) is 12.8 Å². The van der Waals surface area contributed by atoms with Crippen molar-refractivity contribution >= 4 is 0 Å². The quantitative estimate of drug-likeness (QED) is 0.155. The Balaban J connectivity index is 1.24. The molecule has 1 atom stereocenters. The highest BCUT2D eigenvalue weighted by atomic mass is 16.5. The Labute approximate surface area is 222 Å². The second-order valence-electron chi connectivity index (χ2n) is 10.0. The summed E-state index contributed by atoms with van der Waals surface area (Å²) in [5, 5.41) is 4.18. The van der Waals surface area contributed by atoms with Gasteiger partial charge in [0.05, 0.1) is 6.04 Å². The van der Waals surface area contributed by atoms with E-state index in [2.05, 4.69) is 65.6 Å². The topological polar surface area (TPSA) is 62.7 Å². The minimum absolute atomic E-state index is 0.329. The lowest BCUT2D eigenvalue weighted by Gasteiger charge is -2.12. The number of nitrogens with zero attached hydrogens (tertiary/aromatic N) is 2. The van der Waals surface area contributed by atoms with Crippen molar-refractivity contribution < 1.29 is 4.52 Å². The molecule has 193 valence electrons. The standard InChI is InChI=1S/C33H40N3O/c1-2-3-4-5-6-7-8-9-13-19-32-35-33(37-36-32)29-22-20-28(21-23-29)31(34)25-26-15-14-18-30(24-26)27-16-11-10-12-17-27/h10-12,14-18,20-24,31,34H,2-9,13,19,25H2,1H3. The molecule has 0 fully saturated rings. The molecule has 1 radical (unpaired) electrons. The first-order valence-electron chi connectivity index (χ1n) is 14.0. The number of nitrogens with one attached hydrogen (secondary N) is 1. The van der Waals surface area contributed by atoms with Gasteiger partial charge in [0, 0.05) is 12.0 Å². The van der Waals surface area contributed by atoms with Crippen LogP contribution in [0.4, 0.5) is 0 Å². The third-order valence-electron chi connectivity index (χ3n) is 7.01. The van der Waals surface area contributed by atoms with Crippen molar-refractivity contribution in [1.82, 2.24) is 15.9 Å². The van der Waals surface area contributed by atoms with Crippen molar-refractivity contribution in [2.24, 2.45) is 0 Å². The second-order valence-corrected chi connectivity index (χ2v) is 10.0. The van der Waals surface area contributed by atoms with Crippen molar-refractivity contribution in [3.63, 3.8) is 0 Å². The van der Waals surface area contributed by atoms with Crippen molar-refractivity contribution in [1.29, 1.82) is 0 Å². The van der Waals surface area contributed by atoms with Crippen molar-refractivity contribution in [2.75, 3.05) is 0 Å². The molecule has 0 saturated carbocycles. The smallest absolute Gasteiger partial charge is 0.257 e. The number of unbranched alkanes of at least 4 members (excludes halogenated alkanes) is 8. The predicted molar refractivity (Wildman–Crippen MR) is 152 cm³/mol. The van der Waals surface area contributed by atoms with E-state index in [1.54, 1.807) is 0 Å². The fourth-order valence-electron chi connectivity index (χ4n) is 4.79. The first-order valence-corrected chi connectivity index (χ1v) is 14.0. The Bertz CT molecular complexity index is 1180. The molecule has 0 spiro atoms. The average Bonchev–Trinajstić information content (AvgIpc) is 3.42. The van der Waals surface area contributed by atoms with E-state index in [0.717, 1.165) is 29.8 Å². The van der Waals surface area contributed by atoms with Gasteiger partial charge in [-0.25, -0.2) is 5.73 Å². The van der Waals surface area contributed by atoms with Gasteiger partial charge < -0.3 is 4.52 Å². The van der Waals surface area contributed by atoms with E-state index in [1.165, 1.54) is 68.1 Å². The highest BCUT2D eigenvalue weighted by Crippen LogP contribution is 2.25. The summed E-state index contributed by atoms with van der Waals surface area (Å²) >= 11 is 0. The van der Waals surface area contributed by atoms with Crippen LogP contribution in [0, 0.1) is 0 Å². The van der Waals surface area contributed by atoms with Crippen LogP contribution in [0.15, 0.2) is 83.4 Å². The highest BCUT2D eigenvalue weighted by Gasteiger charge is 2.12. The Morgan fingerprint density at radius 1 is 0.703 bits per heavy atom. The SMILES string of the molecule is CCCCCCCCCCCc1noc(-c2ccc(C([NH])Cc3cccc(-c4ccccc4)c3)cc2)n1. The molecule has 1 N–H and O–H groups in total. The normalized spacial score (nSPS) is 12.1. The fraction of sp³-hybridized carbons (Fsp3) is 0.394. The third kappa shape index (κ3) is 8.40. The third-order valence-corrected chi connectivity index (χ3v) is 7.01. The van der Waals surface area contributed by atoms with E-state index >= 15 is 0 Å². The molecule has 0 saturated heterocycles. The zero-order valence-electron chi connectivity index (χ0n) is 22.2. The van der Waals surface area contributed by atoms with Gasteiger partial charge in [-0.05, 0) is 47.2 Å². The van der Waals surface area contributed by atoms with Crippen LogP contribution in [0.5, 0.6) is 0 Å². The molecule has 0 bridgehead atoms. The van der Waals surface area contributed by atoms with Crippen molar-refractivity contribution in [3.8, 4) is 22.6 Å². The highest BCUT2D eigenvalue weighted by molar-refractivity contribution is 5.64. The zero-order chi connectivity index (χ0) is 25.7. The lowest BCUT2D eigenvalue weighted by Crippen LogP contribution is -2.04. The number of hydrogen-bond donors (Lipinski definition) is 0. The number of benzene rings is 3. The maximum Gasteiger partial charge on any atom is 0.257 e. The van der Waals surface area contributed by atoms with Crippen LogP contribution in [0.25, 0.3) is 22.6 Å². The predicted octanol–water partition coefficient (Wildman–Crippen LogP) is 9.04. The lowest BCUT2D eigenvalue weighted by molar-refractivity contribution is 0.421. The van der Waals surface area contributed by atoms with Gasteiger partial charge in [0.25, 0.3) is 5.89 Å². The lowest BCUT2D eigenvalue weighted by atomic mass is 9.96. The molecule has 0 aliphatic heterocycles. The Morgan fingerprint density at radius 2 is 1.38 bits per heavy atom. The van der Waals surface area contributed by atoms with Crippen molar-refractivity contribution in [3.05, 3.63) is 95.8 Å². The van der Waals surface area contributed by atoms with Crippen LogP contribution < -0.4 is 5.73 Å². The number of aromatic nitrogens is 2. The summed E-state index contributed by atoms with van der Waals surface area (Å²) in [7, 11) is 0. The molecule has 0 aliphatic carbocycles. The molecule has 3 aromatic carbocycles. The van der Waals surface area contributed by atoms with Crippen LogP contribution >= 0.6 is 0 Å². The molecule has 4 rings (SSSR count). The number of hydrogen-bond acceptors (Lipinski definition) is 3. The van der Waals surface area contributed by atoms with Gasteiger partial charge >= 0.3 is 0 Å². The fourth-order valence-corrected chi connectivity index (χ4v) is 4.79. The van der Waals surface area contributed by atoms with E-state index in [0.29, 0.717) is 12.3 Å². The molecular weight excluding hydrogens is 454 g/mol. The van der Waals surface area contributed by atoms with E-state index in [1.807, 2.05) is 30.3 Å². The van der Waals surface area contributed by atoms with E-state index < -0.39 is 0 Å². The second kappa shape index (κ2) is 14.5. The molecule has 4 nitrogen and oxygen atoms in total. The summed E-state index contributed by atoms with van der Waals surface area (Å²) in [6, 6.07) is 26.6. The maximum atomic E-state index is 8.72. The average molecular weight is 495 g/mol. The summed E-state index contributed by atoms with van der Waals surface area (Å²) in [6.45, 7) is 2.26. The van der Waals surface area contributed by atoms with Gasteiger partial charge in [0.1, 0.15) is 0 Å². The molecular formula is C33H40N3O. The van der Waals surface area contributed by atoms with Gasteiger partial charge in [-0.15, -0.1) is 0 Å². The summed E-state index contributed by atoms with van der Waals surface area (Å²) < 4.78 is 5.53. The molecule has 1 heterocycles. The summed E-state index contributed by atoms with van der Waals surface area (Å²) in [6.07, 6.45) is 13.3. The minimum Gasteiger partial charge on any atom is -0.334 e. The number of rotatable bonds is 15. The molecule has 37 heavy (non-hydrogen) atoms. The zero-order valence-corrected chi connectivity index (χ0v) is 22.2. The monoisotopic (exact) mass is 494 g/mol. The summed E-state index contributed by atoms with van der Waals surface area (Å²) in [5.74, 6) is 1.35. The molecule has 0 aliphatic rings. The van der Waals surface area contributed by atoms with Crippen LogP contribution in [0.1, 0.15) is 87.7 Å². The molecule has 1 aromatic heterocycles. The van der Waals surface area contributed by atoms with Gasteiger partial charge in [-0.1, -0.05) is 130 Å². The molecule has 4 heteroatoms. The van der Waals surface area contributed by atoms with Gasteiger partial charge in [-0.3, -0.25) is 0 Å². The van der Waals surface area contributed by atoms with Crippen LogP contribution in [-0.4, -0.2) is 10.1 Å². The number of aryl methyl sites for hydroxylation is 1. The summed E-state index contributed by atoms with van der Waals surface area (Å²) in [4.78, 5) is 4.60.